The summed E-state index contributed by atoms with van der Waals surface area (Å²) in [5.74, 6) is 0.402. The van der Waals surface area contributed by atoms with Crippen LogP contribution < -0.4 is 15.6 Å². The van der Waals surface area contributed by atoms with Crippen LogP contribution in [0, 0.1) is 0 Å². The molecule has 3 rings (SSSR count). The third kappa shape index (κ3) is 4.04. The minimum Gasteiger partial charge on any atom is -0.497 e. The third-order valence-corrected chi connectivity index (χ3v) is 3.98. The summed E-state index contributed by atoms with van der Waals surface area (Å²) >= 11 is 5.86. The number of hydrogen-bond acceptors (Lipinski definition) is 4. The SMILES string of the molecule is C=C(NNC(=O)c1cc(-c2ccc(OC)cc2)n[nH]1)c1ccc(Cl)cc1. The Kier molecular flexibility index (Phi) is 5.24. The topological polar surface area (TPSA) is 79.0 Å². The van der Waals surface area contributed by atoms with Crippen molar-refractivity contribution >= 4 is 23.2 Å². The monoisotopic (exact) mass is 368 g/mol. The van der Waals surface area contributed by atoms with E-state index >= 15 is 0 Å². The van der Waals surface area contributed by atoms with Crippen molar-refractivity contribution in [2.75, 3.05) is 7.11 Å². The van der Waals surface area contributed by atoms with Crippen molar-refractivity contribution in [2.24, 2.45) is 0 Å². The number of hydrazine groups is 1. The summed E-state index contributed by atoms with van der Waals surface area (Å²) in [5, 5.41) is 7.52. The highest BCUT2D eigenvalue weighted by Crippen LogP contribution is 2.21. The van der Waals surface area contributed by atoms with Gasteiger partial charge in [0.25, 0.3) is 5.91 Å². The van der Waals surface area contributed by atoms with E-state index in [0.29, 0.717) is 22.1 Å². The maximum atomic E-state index is 12.3. The number of carbonyl (C=O) groups excluding carboxylic acids is 1. The second-order valence-corrected chi connectivity index (χ2v) is 5.90. The summed E-state index contributed by atoms with van der Waals surface area (Å²) in [7, 11) is 1.61. The Hall–Kier alpha value is -3.25. The van der Waals surface area contributed by atoms with Crippen LogP contribution in [0.1, 0.15) is 16.1 Å². The van der Waals surface area contributed by atoms with Gasteiger partial charge in [0.15, 0.2) is 0 Å². The number of ether oxygens (including phenoxy) is 1. The molecule has 0 saturated carbocycles. The number of nitrogens with one attached hydrogen (secondary N) is 3. The molecule has 0 spiro atoms. The summed E-state index contributed by atoms with van der Waals surface area (Å²) < 4.78 is 5.13. The Morgan fingerprint density at radius 1 is 1.12 bits per heavy atom. The van der Waals surface area contributed by atoms with Gasteiger partial charge in [-0.05, 0) is 48.0 Å². The number of nitrogens with zero attached hydrogens (tertiary/aromatic N) is 1. The summed E-state index contributed by atoms with van der Waals surface area (Å²) in [5.41, 5.74) is 8.59. The molecule has 26 heavy (non-hydrogen) atoms. The molecule has 1 heterocycles. The standard InChI is InChI=1S/C19H17ClN4O2/c1-12(13-3-7-15(20)8-4-13)21-24-19(25)18-11-17(22-23-18)14-5-9-16(26-2)10-6-14/h3-11,21H,1H2,2H3,(H,22,23)(H,24,25). The van der Waals surface area contributed by atoms with E-state index in [1.807, 2.05) is 36.4 Å². The maximum Gasteiger partial charge on any atom is 0.287 e. The number of halogens is 1. The summed E-state index contributed by atoms with van der Waals surface area (Å²) in [6.07, 6.45) is 0. The van der Waals surface area contributed by atoms with Crippen molar-refractivity contribution in [1.29, 1.82) is 0 Å². The smallest absolute Gasteiger partial charge is 0.287 e. The Bertz CT molecular complexity index is 917. The molecule has 0 saturated heterocycles. The molecular weight excluding hydrogens is 352 g/mol. The van der Waals surface area contributed by atoms with Gasteiger partial charge in [-0.1, -0.05) is 30.3 Å². The van der Waals surface area contributed by atoms with Gasteiger partial charge in [-0.25, -0.2) is 0 Å². The number of aromatic amines is 1. The van der Waals surface area contributed by atoms with E-state index in [9.17, 15) is 4.79 Å². The molecule has 6 nitrogen and oxygen atoms in total. The minimum absolute atomic E-state index is 0.326. The van der Waals surface area contributed by atoms with Gasteiger partial charge in [0.05, 0.1) is 18.5 Å². The molecule has 0 fully saturated rings. The molecule has 1 amide bonds. The number of carbonyl (C=O) groups is 1. The molecule has 0 aliphatic rings. The summed E-state index contributed by atoms with van der Waals surface area (Å²) in [4.78, 5) is 12.3. The van der Waals surface area contributed by atoms with Crippen molar-refractivity contribution in [3.05, 3.63) is 77.5 Å². The third-order valence-electron chi connectivity index (χ3n) is 3.73. The van der Waals surface area contributed by atoms with E-state index in [1.54, 1.807) is 25.3 Å². The van der Waals surface area contributed by atoms with Gasteiger partial charge in [-0.15, -0.1) is 0 Å². The van der Waals surface area contributed by atoms with Crippen molar-refractivity contribution in [3.8, 4) is 17.0 Å². The Balaban J connectivity index is 1.62. The lowest BCUT2D eigenvalue weighted by Gasteiger charge is -2.10. The lowest BCUT2D eigenvalue weighted by molar-refractivity contribution is 0.0937. The molecule has 0 aliphatic carbocycles. The van der Waals surface area contributed by atoms with E-state index in [-0.39, 0.29) is 5.91 Å². The van der Waals surface area contributed by atoms with Gasteiger partial charge < -0.3 is 4.74 Å². The van der Waals surface area contributed by atoms with Crippen molar-refractivity contribution in [3.63, 3.8) is 0 Å². The van der Waals surface area contributed by atoms with Gasteiger partial charge in [0.1, 0.15) is 11.4 Å². The van der Waals surface area contributed by atoms with Crippen LogP contribution in [0.2, 0.25) is 5.02 Å². The van der Waals surface area contributed by atoms with Crippen molar-refractivity contribution in [1.82, 2.24) is 21.0 Å². The first-order chi connectivity index (χ1) is 12.6. The Labute approximate surface area is 155 Å². The highest BCUT2D eigenvalue weighted by molar-refractivity contribution is 6.30. The van der Waals surface area contributed by atoms with Gasteiger partial charge >= 0.3 is 0 Å². The fourth-order valence-electron chi connectivity index (χ4n) is 2.27. The van der Waals surface area contributed by atoms with Gasteiger partial charge in [-0.3, -0.25) is 20.7 Å². The number of methoxy groups -OCH3 is 1. The molecule has 0 aliphatic heterocycles. The van der Waals surface area contributed by atoms with Crippen molar-refractivity contribution in [2.45, 2.75) is 0 Å². The zero-order valence-electron chi connectivity index (χ0n) is 14.0. The first-order valence-electron chi connectivity index (χ1n) is 7.78. The molecule has 0 unspecified atom stereocenters. The van der Waals surface area contributed by atoms with Gasteiger partial charge in [0.2, 0.25) is 0 Å². The van der Waals surface area contributed by atoms with Crippen molar-refractivity contribution < 1.29 is 9.53 Å². The van der Waals surface area contributed by atoms with Crippen LogP contribution in [0.15, 0.2) is 61.2 Å². The van der Waals surface area contributed by atoms with Crippen LogP contribution in [-0.2, 0) is 0 Å². The number of benzene rings is 2. The molecule has 132 valence electrons. The van der Waals surface area contributed by atoms with E-state index in [4.69, 9.17) is 16.3 Å². The largest absolute Gasteiger partial charge is 0.497 e. The first kappa shape index (κ1) is 17.6. The van der Waals surface area contributed by atoms with Crippen LogP contribution in [-0.4, -0.2) is 23.2 Å². The fourth-order valence-corrected chi connectivity index (χ4v) is 2.40. The molecular formula is C19H17ClN4O2. The van der Waals surface area contributed by atoms with E-state index in [2.05, 4.69) is 27.6 Å². The predicted octanol–water partition coefficient (Wildman–Crippen LogP) is 3.64. The number of H-pyrrole nitrogens is 1. The van der Waals surface area contributed by atoms with E-state index < -0.39 is 0 Å². The second kappa shape index (κ2) is 7.76. The highest BCUT2D eigenvalue weighted by atomic mass is 35.5. The number of hydrogen-bond donors (Lipinski definition) is 3. The fraction of sp³-hybridized carbons (Fsp3) is 0.0526. The summed E-state index contributed by atoms with van der Waals surface area (Å²) in [6.45, 7) is 3.88. The first-order valence-corrected chi connectivity index (χ1v) is 8.15. The van der Waals surface area contributed by atoms with E-state index in [1.165, 1.54) is 0 Å². The van der Waals surface area contributed by atoms with Gasteiger partial charge in [0, 0.05) is 10.6 Å². The number of aromatic nitrogens is 2. The molecule has 3 aromatic rings. The minimum atomic E-state index is -0.354. The van der Waals surface area contributed by atoms with E-state index in [0.717, 1.165) is 16.9 Å². The molecule has 7 heteroatoms. The van der Waals surface area contributed by atoms with Crippen LogP contribution >= 0.6 is 11.6 Å². The van der Waals surface area contributed by atoms with Crippen LogP contribution in [0.4, 0.5) is 0 Å². The van der Waals surface area contributed by atoms with Gasteiger partial charge in [-0.2, -0.15) is 5.10 Å². The second-order valence-electron chi connectivity index (χ2n) is 5.46. The lowest BCUT2D eigenvalue weighted by atomic mass is 10.1. The molecule has 0 bridgehead atoms. The molecule has 2 aromatic carbocycles. The number of amides is 1. The molecule has 1 aromatic heterocycles. The van der Waals surface area contributed by atoms with Crippen LogP contribution in [0.5, 0.6) is 5.75 Å². The Morgan fingerprint density at radius 2 is 1.81 bits per heavy atom. The quantitative estimate of drug-likeness (QED) is 0.580. The van der Waals surface area contributed by atoms with Crippen LogP contribution in [0.3, 0.4) is 0 Å². The average Bonchev–Trinajstić information content (AvgIpc) is 3.17. The zero-order valence-corrected chi connectivity index (χ0v) is 14.8. The van der Waals surface area contributed by atoms with Crippen LogP contribution in [0.25, 0.3) is 17.0 Å². The maximum absolute atomic E-state index is 12.3. The highest BCUT2D eigenvalue weighted by Gasteiger charge is 2.11. The number of rotatable bonds is 6. The normalized spacial score (nSPS) is 10.2. The lowest BCUT2D eigenvalue weighted by Crippen LogP contribution is -2.36. The zero-order chi connectivity index (χ0) is 18.5. The molecule has 3 N–H and O–H groups in total. The summed E-state index contributed by atoms with van der Waals surface area (Å²) in [6, 6.07) is 16.2. The average molecular weight is 369 g/mol. The molecule has 0 atom stereocenters. The Morgan fingerprint density at radius 3 is 2.46 bits per heavy atom. The molecule has 0 radical (unpaired) electrons. The predicted molar refractivity (Wildman–Crippen MR) is 102 cm³/mol.